The second-order valence-corrected chi connectivity index (χ2v) is 12.0. The first-order chi connectivity index (χ1) is 19.5. The molecule has 0 saturated carbocycles. The second-order valence-electron chi connectivity index (χ2n) is 12.0. The normalized spacial score (nSPS) is 21.1. The van der Waals surface area contributed by atoms with Gasteiger partial charge in [0.1, 0.15) is 11.8 Å². The van der Waals surface area contributed by atoms with Gasteiger partial charge in [-0.1, -0.05) is 20.8 Å². The van der Waals surface area contributed by atoms with E-state index in [-0.39, 0.29) is 29.8 Å². The molecule has 0 unspecified atom stereocenters. The molecule has 0 spiro atoms. The minimum Gasteiger partial charge on any atom is -0.496 e. The number of halogens is 3. The molecule has 1 aromatic carbocycles. The second kappa shape index (κ2) is 12.8. The summed E-state index contributed by atoms with van der Waals surface area (Å²) in [5, 5.41) is 13.8. The zero-order chi connectivity index (χ0) is 31.6. The first-order valence-corrected chi connectivity index (χ1v) is 13.8. The first kappa shape index (κ1) is 33.0. The maximum absolute atomic E-state index is 13.6. The summed E-state index contributed by atoms with van der Waals surface area (Å²) in [6, 6.07) is 3.47. The Bertz CT molecular complexity index is 1260. The van der Waals surface area contributed by atoms with Crippen LogP contribution in [-0.2, 0) is 22.3 Å². The fourth-order valence-corrected chi connectivity index (χ4v) is 5.54. The molecule has 232 valence electrons. The zero-order valence-electron chi connectivity index (χ0n) is 25.2. The molecule has 0 aliphatic carbocycles. The Hall–Kier alpha value is -3.54. The van der Waals surface area contributed by atoms with Crippen LogP contribution in [0.15, 0.2) is 36.5 Å². The van der Waals surface area contributed by atoms with Gasteiger partial charge in [0, 0.05) is 35.8 Å². The highest BCUT2D eigenvalue weighted by molar-refractivity contribution is 5.82. The zero-order valence-corrected chi connectivity index (χ0v) is 25.2. The number of pyridine rings is 1. The van der Waals surface area contributed by atoms with Crippen molar-refractivity contribution in [3.8, 4) is 11.6 Å². The van der Waals surface area contributed by atoms with Gasteiger partial charge >= 0.3 is 18.2 Å². The van der Waals surface area contributed by atoms with Crippen LogP contribution in [0.3, 0.4) is 0 Å². The number of nitrogens with one attached hydrogen (secondary N) is 1. The molecule has 1 saturated heterocycles. The number of hydrogen-bond donors (Lipinski definition) is 2. The van der Waals surface area contributed by atoms with Gasteiger partial charge in [0.05, 0.1) is 30.9 Å². The third-order valence-electron chi connectivity index (χ3n) is 7.07. The molecule has 0 bridgehead atoms. The summed E-state index contributed by atoms with van der Waals surface area (Å²) in [5.74, 6) is -1.52. The number of carbonyl (C=O) groups is 2. The summed E-state index contributed by atoms with van der Waals surface area (Å²) in [5.41, 5.74) is -0.872. The molecule has 1 aliphatic heterocycles. The number of aromatic nitrogens is 1. The lowest BCUT2D eigenvalue weighted by Gasteiger charge is -2.35. The first-order valence-electron chi connectivity index (χ1n) is 13.8. The minimum atomic E-state index is -4.57. The van der Waals surface area contributed by atoms with Crippen molar-refractivity contribution in [2.24, 2.45) is 11.3 Å². The molecule has 12 heteroatoms. The molecule has 42 heavy (non-hydrogen) atoms. The Morgan fingerprint density at radius 1 is 1.10 bits per heavy atom. The van der Waals surface area contributed by atoms with E-state index in [1.807, 2.05) is 34.6 Å². The van der Waals surface area contributed by atoms with Gasteiger partial charge in [0.2, 0.25) is 5.88 Å². The number of carboxylic acids is 1. The fraction of sp³-hybridized carbons (Fsp3) is 0.567. The third-order valence-corrected chi connectivity index (χ3v) is 7.07. The highest BCUT2D eigenvalue weighted by Gasteiger charge is 2.59. The Morgan fingerprint density at radius 3 is 2.29 bits per heavy atom. The van der Waals surface area contributed by atoms with E-state index in [1.165, 1.54) is 24.3 Å². The lowest BCUT2D eigenvalue weighted by atomic mass is 9.72. The van der Waals surface area contributed by atoms with Crippen molar-refractivity contribution in [1.29, 1.82) is 0 Å². The number of likely N-dealkylation sites (tertiary alicyclic amines) is 1. The van der Waals surface area contributed by atoms with Gasteiger partial charge in [0.25, 0.3) is 0 Å². The minimum absolute atomic E-state index is 0.110. The number of methoxy groups -OCH3 is 1. The maximum atomic E-state index is 13.6. The quantitative estimate of drug-likeness (QED) is 0.360. The van der Waals surface area contributed by atoms with E-state index < -0.39 is 59.4 Å². The van der Waals surface area contributed by atoms with Crippen LogP contribution in [0.25, 0.3) is 0 Å². The van der Waals surface area contributed by atoms with Gasteiger partial charge in [-0.25, -0.2) is 14.6 Å². The van der Waals surface area contributed by atoms with Crippen molar-refractivity contribution >= 4 is 12.1 Å². The van der Waals surface area contributed by atoms with E-state index in [4.69, 9.17) is 14.2 Å². The third kappa shape index (κ3) is 7.26. The van der Waals surface area contributed by atoms with Crippen molar-refractivity contribution < 1.29 is 42.1 Å². The van der Waals surface area contributed by atoms with Crippen molar-refractivity contribution in [3.05, 3.63) is 53.2 Å². The molecule has 4 atom stereocenters. The number of rotatable bonds is 9. The van der Waals surface area contributed by atoms with E-state index in [9.17, 15) is 27.9 Å². The highest BCUT2D eigenvalue weighted by Crippen LogP contribution is 2.50. The number of amides is 1. The van der Waals surface area contributed by atoms with E-state index in [1.54, 1.807) is 26.0 Å². The van der Waals surface area contributed by atoms with Crippen LogP contribution in [0, 0.1) is 11.3 Å². The summed E-state index contributed by atoms with van der Waals surface area (Å²) in [6.45, 7) is 12.4. The smallest absolute Gasteiger partial charge is 0.416 e. The highest BCUT2D eigenvalue weighted by atomic mass is 19.4. The standard InChI is InChI=1S/C30H40F3N3O6/c1-16(2)41-26-20(10-9-13-34-26)24-23(35-15-18-14-19(30(31,32)33)11-12-21(18)40-8)22(29(5,6)7)25(27(37)38)36(24)28(39)42-17(3)4/h9-14,16-17,22-25,35H,15H2,1-8H3,(H,37,38)/t22-,23-,24-,25-/m0/s1. The summed E-state index contributed by atoms with van der Waals surface area (Å²) in [7, 11) is 1.36. The van der Waals surface area contributed by atoms with Gasteiger partial charge in [-0.3, -0.25) is 4.90 Å². The molecule has 2 aromatic rings. The van der Waals surface area contributed by atoms with E-state index in [0.29, 0.717) is 5.56 Å². The molecule has 2 N–H and O–H groups in total. The summed E-state index contributed by atoms with van der Waals surface area (Å²) >= 11 is 0. The summed E-state index contributed by atoms with van der Waals surface area (Å²) < 4.78 is 57.6. The molecule has 3 rings (SSSR count). The molecular formula is C30H40F3N3O6. The van der Waals surface area contributed by atoms with Crippen molar-refractivity contribution in [2.45, 2.75) is 91.5 Å². The van der Waals surface area contributed by atoms with Crippen LogP contribution in [0.4, 0.5) is 18.0 Å². The number of alkyl halides is 3. The number of carboxylic acid groups (broad SMARTS) is 1. The van der Waals surface area contributed by atoms with Crippen LogP contribution in [0.2, 0.25) is 0 Å². The molecule has 9 nitrogen and oxygen atoms in total. The average molecular weight is 596 g/mol. The molecule has 1 amide bonds. The summed E-state index contributed by atoms with van der Waals surface area (Å²) in [6.07, 6.45) is -4.71. The van der Waals surface area contributed by atoms with Gasteiger partial charge < -0.3 is 24.6 Å². The fourth-order valence-electron chi connectivity index (χ4n) is 5.54. The Morgan fingerprint density at radius 2 is 1.76 bits per heavy atom. The van der Waals surface area contributed by atoms with Crippen molar-refractivity contribution in [2.75, 3.05) is 7.11 Å². The van der Waals surface area contributed by atoms with E-state index in [2.05, 4.69) is 10.3 Å². The summed E-state index contributed by atoms with van der Waals surface area (Å²) in [4.78, 5) is 32.1. The molecule has 1 aliphatic rings. The van der Waals surface area contributed by atoms with E-state index in [0.717, 1.165) is 12.1 Å². The van der Waals surface area contributed by atoms with Crippen LogP contribution >= 0.6 is 0 Å². The number of nitrogens with zero attached hydrogens (tertiary/aromatic N) is 2. The monoisotopic (exact) mass is 595 g/mol. The predicted molar refractivity (Wildman–Crippen MR) is 149 cm³/mol. The maximum Gasteiger partial charge on any atom is 0.416 e. The molecule has 0 radical (unpaired) electrons. The lowest BCUT2D eigenvalue weighted by Crippen LogP contribution is -2.48. The topological polar surface area (TPSA) is 110 Å². The molecule has 1 aromatic heterocycles. The van der Waals surface area contributed by atoms with Crippen molar-refractivity contribution in [3.63, 3.8) is 0 Å². The Labute approximate surface area is 244 Å². The van der Waals surface area contributed by atoms with Gasteiger partial charge in [-0.15, -0.1) is 0 Å². The van der Waals surface area contributed by atoms with Gasteiger partial charge in [0.15, 0.2) is 0 Å². The predicted octanol–water partition coefficient (Wildman–Crippen LogP) is 6.07. The number of hydrogen-bond acceptors (Lipinski definition) is 7. The average Bonchev–Trinajstić information content (AvgIpc) is 3.22. The van der Waals surface area contributed by atoms with E-state index >= 15 is 0 Å². The van der Waals surface area contributed by atoms with Crippen molar-refractivity contribution in [1.82, 2.24) is 15.2 Å². The molecule has 1 fully saturated rings. The Balaban J connectivity index is 2.24. The molecule has 2 heterocycles. The number of carbonyl (C=O) groups excluding carboxylic acids is 1. The Kier molecular flexibility index (Phi) is 10.0. The van der Waals surface area contributed by atoms with Crippen LogP contribution in [0.1, 0.15) is 71.2 Å². The van der Waals surface area contributed by atoms with Crippen LogP contribution in [-0.4, -0.2) is 58.5 Å². The number of ether oxygens (including phenoxy) is 3. The van der Waals surface area contributed by atoms with Crippen LogP contribution < -0.4 is 14.8 Å². The van der Waals surface area contributed by atoms with Crippen LogP contribution in [0.5, 0.6) is 11.6 Å². The van der Waals surface area contributed by atoms with Gasteiger partial charge in [-0.2, -0.15) is 13.2 Å². The van der Waals surface area contributed by atoms with Gasteiger partial charge in [-0.05, 0) is 63.4 Å². The number of benzene rings is 1. The molecular weight excluding hydrogens is 555 g/mol. The SMILES string of the molecule is COc1ccc(C(F)(F)F)cc1CN[C@H]1[C@H](C(C)(C)C)[C@@H](C(=O)O)N(C(=O)OC(C)C)[C@H]1c1cccnc1OC(C)C. The largest absolute Gasteiger partial charge is 0.496 e. The number of aliphatic carboxylic acids is 1. The lowest BCUT2D eigenvalue weighted by molar-refractivity contribution is -0.145.